The summed E-state index contributed by atoms with van der Waals surface area (Å²) in [6, 6.07) is 4.99. The zero-order chi connectivity index (χ0) is 23.6. The fourth-order valence-electron chi connectivity index (χ4n) is 6.60. The number of amides is 4. The van der Waals surface area contributed by atoms with Crippen LogP contribution >= 0.6 is 0 Å². The van der Waals surface area contributed by atoms with Gasteiger partial charge in [0.15, 0.2) is 11.5 Å². The Morgan fingerprint density at radius 1 is 0.909 bits per heavy atom. The average Bonchev–Trinajstić information content (AvgIpc) is 3.21. The molecule has 6 unspecified atom stereocenters. The maximum atomic E-state index is 13.4. The van der Waals surface area contributed by atoms with E-state index in [2.05, 4.69) is 0 Å². The first-order valence-corrected chi connectivity index (χ1v) is 11.6. The van der Waals surface area contributed by atoms with E-state index in [1.807, 2.05) is 6.08 Å². The minimum absolute atomic E-state index is 0.0120. The predicted molar refractivity (Wildman–Crippen MR) is 117 cm³/mol. The number of hydrogen-bond acceptors (Lipinski definition) is 6. The van der Waals surface area contributed by atoms with E-state index in [1.165, 1.54) is 23.0 Å². The molecule has 4 amide bonds. The van der Waals surface area contributed by atoms with Crippen molar-refractivity contribution in [3.63, 3.8) is 0 Å². The Labute approximate surface area is 192 Å². The molecule has 8 heteroatoms. The number of nitrogens with zero attached hydrogens (tertiary/aromatic N) is 2. The smallest absolute Gasteiger partial charge is 0.234 e. The van der Waals surface area contributed by atoms with Gasteiger partial charge in [0.05, 0.1) is 30.8 Å². The normalized spacial score (nSPS) is 33.1. The number of phenolic OH excluding ortho intramolecular Hbond substituents is 1. The predicted octanol–water partition coefficient (Wildman–Crippen LogP) is 2.08. The number of likely N-dealkylation sites (tertiary alicyclic amines) is 2. The number of phenols is 1. The summed E-state index contributed by atoms with van der Waals surface area (Å²) in [6.07, 6.45) is 2.85. The third-order valence-corrected chi connectivity index (χ3v) is 8.03. The molecule has 0 aromatic heterocycles. The first kappa shape index (κ1) is 21.7. The Morgan fingerprint density at radius 2 is 1.55 bits per heavy atom. The summed E-state index contributed by atoms with van der Waals surface area (Å²) < 4.78 is 5.31. The van der Waals surface area contributed by atoms with Crippen LogP contribution in [0.3, 0.4) is 0 Å². The quantitative estimate of drug-likeness (QED) is 0.554. The van der Waals surface area contributed by atoms with E-state index in [-0.39, 0.29) is 41.0 Å². The molecule has 0 radical (unpaired) electrons. The fourth-order valence-corrected chi connectivity index (χ4v) is 6.60. The second-order valence-electron chi connectivity index (χ2n) is 9.30. The molecule has 2 aliphatic heterocycles. The molecule has 2 saturated heterocycles. The van der Waals surface area contributed by atoms with Crippen molar-refractivity contribution in [2.45, 2.75) is 32.6 Å². The first-order chi connectivity index (χ1) is 15.8. The number of allylic oxidation sites excluding steroid dienone is 2. The highest BCUT2D eigenvalue weighted by Crippen LogP contribution is 2.58. The molecule has 2 heterocycles. The molecular formula is C25H28N2O6. The van der Waals surface area contributed by atoms with Gasteiger partial charge in [-0.05, 0) is 50.3 Å². The molecule has 174 valence electrons. The Balaban J connectivity index is 1.65. The Bertz CT molecular complexity index is 1090. The number of ether oxygens (including phenoxy) is 1. The molecule has 5 rings (SSSR count). The van der Waals surface area contributed by atoms with Crippen LogP contribution in [-0.2, 0) is 19.2 Å². The van der Waals surface area contributed by atoms with E-state index in [4.69, 9.17) is 4.74 Å². The minimum Gasteiger partial charge on any atom is -0.504 e. The number of methoxy groups -OCH3 is 1. The Hall–Kier alpha value is -3.16. The number of benzene rings is 1. The summed E-state index contributed by atoms with van der Waals surface area (Å²) in [7, 11) is 1.46. The summed E-state index contributed by atoms with van der Waals surface area (Å²) in [4.78, 5) is 55.4. The lowest BCUT2D eigenvalue weighted by atomic mass is 9.57. The SMILES string of the molecule is CCN1C(=O)C2CC=C3C(CC4C(=O)N(CC)C(=O)C4C3c3ccc(O)c(OC)c3)C2C1=O. The number of aromatic hydroxyl groups is 1. The van der Waals surface area contributed by atoms with E-state index < -0.39 is 29.6 Å². The second kappa shape index (κ2) is 7.71. The number of hydrogen-bond donors (Lipinski definition) is 1. The van der Waals surface area contributed by atoms with Crippen LogP contribution in [0.1, 0.15) is 38.2 Å². The largest absolute Gasteiger partial charge is 0.504 e. The lowest BCUT2D eigenvalue weighted by Gasteiger charge is -2.44. The lowest BCUT2D eigenvalue weighted by molar-refractivity contribution is -0.141. The second-order valence-corrected chi connectivity index (χ2v) is 9.30. The molecule has 0 bridgehead atoms. The number of rotatable bonds is 4. The van der Waals surface area contributed by atoms with Gasteiger partial charge in [0.1, 0.15) is 0 Å². The molecule has 33 heavy (non-hydrogen) atoms. The maximum Gasteiger partial charge on any atom is 0.234 e. The third kappa shape index (κ3) is 2.89. The van der Waals surface area contributed by atoms with Gasteiger partial charge in [0, 0.05) is 19.0 Å². The number of carbonyl (C=O) groups excluding carboxylic acids is 4. The summed E-state index contributed by atoms with van der Waals surface area (Å²) >= 11 is 0. The van der Waals surface area contributed by atoms with Crippen molar-refractivity contribution < 1.29 is 29.0 Å². The number of fused-ring (bicyclic) bond motifs is 4. The van der Waals surface area contributed by atoms with E-state index >= 15 is 0 Å². The standard InChI is InChI=1S/C25H28N2O6/c1-4-26-22(29)14-8-7-13-15(20(14)24(26)31)11-16-21(25(32)27(5-2)23(16)30)19(13)12-6-9-17(28)18(10-12)33-3/h6-7,9-10,14-16,19-21,28H,4-5,8,11H2,1-3H3. The highest BCUT2D eigenvalue weighted by molar-refractivity contribution is 6.07. The molecule has 1 aromatic carbocycles. The van der Waals surface area contributed by atoms with E-state index in [0.717, 1.165) is 11.1 Å². The van der Waals surface area contributed by atoms with Gasteiger partial charge in [-0.15, -0.1) is 0 Å². The highest BCUT2D eigenvalue weighted by atomic mass is 16.5. The maximum absolute atomic E-state index is 13.4. The minimum atomic E-state index is -0.569. The van der Waals surface area contributed by atoms with Crippen LogP contribution in [-0.4, -0.2) is 58.7 Å². The monoisotopic (exact) mass is 452 g/mol. The Morgan fingerprint density at radius 3 is 2.18 bits per heavy atom. The molecule has 3 fully saturated rings. The van der Waals surface area contributed by atoms with Gasteiger partial charge in [0.2, 0.25) is 23.6 Å². The van der Waals surface area contributed by atoms with Crippen molar-refractivity contribution in [3.8, 4) is 11.5 Å². The van der Waals surface area contributed by atoms with Crippen molar-refractivity contribution in [2.24, 2.45) is 29.6 Å². The van der Waals surface area contributed by atoms with Gasteiger partial charge in [0.25, 0.3) is 0 Å². The molecule has 4 aliphatic rings. The van der Waals surface area contributed by atoms with Gasteiger partial charge in [-0.25, -0.2) is 0 Å². The van der Waals surface area contributed by atoms with E-state index in [1.54, 1.807) is 26.0 Å². The molecular weight excluding hydrogens is 424 g/mol. The van der Waals surface area contributed by atoms with Crippen LogP contribution in [0.5, 0.6) is 11.5 Å². The molecule has 1 saturated carbocycles. The summed E-state index contributed by atoms with van der Waals surface area (Å²) in [5, 5.41) is 10.1. The van der Waals surface area contributed by atoms with Gasteiger partial charge >= 0.3 is 0 Å². The summed E-state index contributed by atoms with van der Waals surface area (Å²) in [5.74, 6) is -3.16. The summed E-state index contributed by atoms with van der Waals surface area (Å²) in [5.41, 5.74) is 1.71. The molecule has 8 nitrogen and oxygen atoms in total. The van der Waals surface area contributed by atoms with Crippen molar-refractivity contribution >= 4 is 23.6 Å². The number of carbonyl (C=O) groups is 4. The van der Waals surface area contributed by atoms with Crippen LogP contribution in [0, 0.1) is 29.6 Å². The van der Waals surface area contributed by atoms with Gasteiger partial charge in [-0.3, -0.25) is 29.0 Å². The third-order valence-electron chi connectivity index (χ3n) is 8.03. The first-order valence-electron chi connectivity index (χ1n) is 11.6. The molecule has 6 atom stereocenters. The zero-order valence-corrected chi connectivity index (χ0v) is 19.0. The van der Waals surface area contributed by atoms with Crippen LogP contribution in [0.2, 0.25) is 0 Å². The fraction of sp³-hybridized carbons (Fsp3) is 0.520. The van der Waals surface area contributed by atoms with Crippen LogP contribution in [0.25, 0.3) is 0 Å². The van der Waals surface area contributed by atoms with Crippen LogP contribution in [0.15, 0.2) is 29.8 Å². The average molecular weight is 453 g/mol. The van der Waals surface area contributed by atoms with Gasteiger partial charge in [-0.1, -0.05) is 17.7 Å². The topological polar surface area (TPSA) is 104 Å². The molecule has 2 aliphatic carbocycles. The lowest BCUT2D eigenvalue weighted by Crippen LogP contribution is -2.43. The van der Waals surface area contributed by atoms with E-state index in [0.29, 0.717) is 25.9 Å². The van der Waals surface area contributed by atoms with Gasteiger partial charge in [-0.2, -0.15) is 0 Å². The zero-order valence-electron chi connectivity index (χ0n) is 19.0. The van der Waals surface area contributed by atoms with Crippen molar-refractivity contribution in [3.05, 3.63) is 35.4 Å². The number of imide groups is 2. The molecule has 0 spiro atoms. The van der Waals surface area contributed by atoms with Crippen molar-refractivity contribution in [2.75, 3.05) is 20.2 Å². The van der Waals surface area contributed by atoms with Crippen LogP contribution < -0.4 is 4.74 Å². The van der Waals surface area contributed by atoms with E-state index in [9.17, 15) is 24.3 Å². The van der Waals surface area contributed by atoms with Crippen molar-refractivity contribution in [1.82, 2.24) is 9.80 Å². The molecule has 1 N–H and O–H groups in total. The van der Waals surface area contributed by atoms with Gasteiger partial charge < -0.3 is 9.84 Å². The molecule has 1 aromatic rings. The Kier molecular flexibility index (Phi) is 5.06. The summed E-state index contributed by atoms with van der Waals surface area (Å²) in [6.45, 7) is 4.21. The van der Waals surface area contributed by atoms with Crippen LogP contribution in [0.4, 0.5) is 0 Å². The highest BCUT2D eigenvalue weighted by Gasteiger charge is 2.61. The van der Waals surface area contributed by atoms with Crippen molar-refractivity contribution in [1.29, 1.82) is 0 Å².